The number of hydrogen-bond acceptors (Lipinski definition) is 6. The van der Waals surface area contributed by atoms with Gasteiger partial charge in [-0.25, -0.2) is 0 Å². The fourth-order valence-electron chi connectivity index (χ4n) is 1.77. The molecule has 0 spiro atoms. The second kappa shape index (κ2) is 8.79. The third-order valence-corrected chi connectivity index (χ3v) is 2.86. The van der Waals surface area contributed by atoms with Gasteiger partial charge in [-0.3, -0.25) is 9.59 Å². The van der Waals surface area contributed by atoms with Crippen LogP contribution in [0.1, 0.15) is 34.1 Å². The summed E-state index contributed by atoms with van der Waals surface area (Å²) in [5, 5.41) is 0. The van der Waals surface area contributed by atoms with Crippen LogP contribution in [-0.4, -0.2) is 43.7 Å². The lowest BCUT2D eigenvalue weighted by Gasteiger charge is -2.31. The molecular weight excluding hydrogens is 276 g/mol. The minimum atomic E-state index is -0.577. The van der Waals surface area contributed by atoms with E-state index in [0.717, 1.165) is 6.42 Å². The minimum Gasteiger partial charge on any atom is -0.463 e. The molecule has 0 radical (unpaired) electrons. The molecule has 6 nitrogen and oxygen atoms in total. The normalized spacial score (nSPS) is 24.9. The summed E-state index contributed by atoms with van der Waals surface area (Å²) in [6.07, 6.45) is 2.68. The van der Waals surface area contributed by atoms with E-state index >= 15 is 0 Å². The predicted molar refractivity (Wildman–Crippen MR) is 75.4 cm³/mol. The minimum absolute atomic E-state index is 0.0155. The van der Waals surface area contributed by atoms with E-state index in [-0.39, 0.29) is 6.61 Å². The largest absolute Gasteiger partial charge is 0.463 e. The highest BCUT2D eigenvalue weighted by Crippen LogP contribution is 2.18. The molecule has 0 N–H and O–H groups in total. The van der Waals surface area contributed by atoms with Gasteiger partial charge in [0.1, 0.15) is 18.8 Å². The molecule has 0 aromatic rings. The Morgan fingerprint density at radius 2 is 1.90 bits per heavy atom. The van der Waals surface area contributed by atoms with Gasteiger partial charge in [-0.05, 0) is 24.5 Å². The molecule has 0 aromatic heterocycles. The Bertz CT molecular complexity index is 376. The van der Waals surface area contributed by atoms with Crippen molar-refractivity contribution >= 4 is 11.9 Å². The molecule has 6 heteroatoms. The molecule has 1 aliphatic heterocycles. The van der Waals surface area contributed by atoms with E-state index in [4.69, 9.17) is 18.9 Å². The SMILES string of the molecule is CC(=O)OC[C@H]1OC(OCCC(C)C)C=C[C@@H]1OC(C)=O. The van der Waals surface area contributed by atoms with Crippen molar-refractivity contribution in [2.45, 2.75) is 52.6 Å². The molecule has 0 saturated heterocycles. The van der Waals surface area contributed by atoms with Gasteiger partial charge in [0.05, 0.1) is 6.61 Å². The number of ether oxygens (including phenoxy) is 4. The highest BCUT2D eigenvalue weighted by Gasteiger charge is 2.30. The smallest absolute Gasteiger partial charge is 0.303 e. The molecule has 120 valence electrons. The third kappa shape index (κ3) is 7.24. The Kier molecular flexibility index (Phi) is 7.39. The number of hydrogen-bond donors (Lipinski definition) is 0. The molecule has 1 aliphatic rings. The molecule has 3 atom stereocenters. The van der Waals surface area contributed by atoms with E-state index in [1.807, 2.05) is 0 Å². The summed E-state index contributed by atoms with van der Waals surface area (Å²) in [4.78, 5) is 22.0. The van der Waals surface area contributed by atoms with Gasteiger partial charge in [0.2, 0.25) is 0 Å². The maximum Gasteiger partial charge on any atom is 0.303 e. The molecule has 0 saturated carbocycles. The van der Waals surface area contributed by atoms with Crippen molar-refractivity contribution in [1.29, 1.82) is 0 Å². The lowest BCUT2D eigenvalue weighted by atomic mass is 10.1. The molecule has 0 bridgehead atoms. The Morgan fingerprint density at radius 3 is 2.48 bits per heavy atom. The molecular formula is C15H24O6. The topological polar surface area (TPSA) is 71.1 Å². The lowest BCUT2D eigenvalue weighted by Crippen LogP contribution is -2.42. The van der Waals surface area contributed by atoms with Crippen molar-refractivity contribution in [1.82, 2.24) is 0 Å². The maximum absolute atomic E-state index is 11.1. The van der Waals surface area contributed by atoms with Crippen molar-refractivity contribution in [2.24, 2.45) is 5.92 Å². The fraction of sp³-hybridized carbons (Fsp3) is 0.733. The summed E-state index contributed by atoms with van der Waals surface area (Å²) >= 11 is 0. The molecule has 0 aliphatic carbocycles. The summed E-state index contributed by atoms with van der Waals surface area (Å²) in [6, 6.07) is 0. The summed E-state index contributed by atoms with van der Waals surface area (Å²) in [5.41, 5.74) is 0. The maximum atomic E-state index is 11.1. The monoisotopic (exact) mass is 300 g/mol. The first-order valence-electron chi connectivity index (χ1n) is 7.14. The number of carbonyl (C=O) groups excluding carboxylic acids is 2. The molecule has 0 aromatic carbocycles. The van der Waals surface area contributed by atoms with E-state index < -0.39 is 30.4 Å². The molecule has 1 rings (SSSR count). The second-order valence-corrected chi connectivity index (χ2v) is 5.36. The Morgan fingerprint density at radius 1 is 1.19 bits per heavy atom. The third-order valence-electron chi connectivity index (χ3n) is 2.86. The van der Waals surface area contributed by atoms with Crippen molar-refractivity contribution in [2.75, 3.05) is 13.2 Å². The summed E-state index contributed by atoms with van der Waals surface area (Å²) in [6.45, 7) is 7.45. The van der Waals surface area contributed by atoms with Gasteiger partial charge in [0.15, 0.2) is 6.29 Å². The molecule has 1 heterocycles. The Balaban J connectivity index is 2.55. The van der Waals surface area contributed by atoms with E-state index in [1.54, 1.807) is 12.2 Å². The van der Waals surface area contributed by atoms with Gasteiger partial charge in [-0.1, -0.05) is 13.8 Å². The molecule has 21 heavy (non-hydrogen) atoms. The Labute approximate surface area is 125 Å². The van der Waals surface area contributed by atoms with Gasteiger partial charge in [0.25, 0.3) is 0 Å². The first kappa shape index (κ1) is 17.7. The van der Waals surface area contributed by atoms with E-state index in [1.165, 1.54) is 13.8 Å². The zero-order valence-electron chi connectivity index (χ0n) is 13.0. The standard InChI is InChI=1S/C15H24O6/c1-10(2)7-8-18-15-6-5-13(20-12(4)17)14(21-15)9-19-11(3)16/h5-6,10,13-15H,7-9H2,1-4H3/t13-,14+,15?/m0/s1. The van der Waals surface area contributed by atoms with Crippen LogP contribution in [0.15, 0.2) is 12.2 Å². The van der Waals surface area contributed by atoms with Crippen LogP contribution in [0.5, 0.6) is 0 Å². The lowest BCUT2D eigenvalue weighted by molar-refractivity contribution is -0.197. The quantitative estimate of drug-likeness (QED) is 0.527. The van der Waals surface area contributed by atoms with Gasteiger partial charge < -0.3 is 18.9 Å². The molecule has 0 amide bonds. The number of carbonyl (C=O) groups is 2. The van der Waals surface area contributed by atoms with E-state index in [2.05, 4.69) is 13.8 Å². The predicted octanol–water partition coefficient (Wildman–Crippen LogP) is 1.82. The number of rotatable bonds is 7. The first-order chi connectivity index (χ1) is 9.88. The van der Waals surface area contributed by atoms with Crippen LogP contribution in [-0.2, 0) is 28.5 Å². The van der Waals surface area contributed by atoms with Gasteiger partial charge >= 0.3 is 11.9 Å². The summed E-state index contributed by atoms with van der Waals surface area (Å²) in [7, 11) is 0. The fourth-order valence-corrected chi connectivity index (χ4v) is 1.77. The molecule has 0 fully saturated rings. The zero-order valence-corrected chi connectivity index (χ0v) is 13.0. The average molecular weight is 300 g/mol. The van der Waals surface area contributed by atoms with Crippen LogP contribution in [0.4, 0.5) is 0 Å². The second-order valence-electron chi connectivity index (χ2n) is 5.36. The van der Waals surface area contributed by atoms with Gasteiger partial charge in [0, 0.05) is 13.8 Å². The van der Waals surface area contributed by atoms with Crippen LogP contribution in [0.25, 0.3) is 0 Å². The van der Waals surface area contributed by atoms with Crippen LogP contribution in [0.3, 0.4) is 0 Å². The van der Waals surface area contributed by atoms with Crippen molar-refractivity contribution in [3.63, 3.8) is 0 Å². The van der Waals surface area contributed by atoms with Gasteiger partial charge in [-0.2, -0.15) is 0 Å². The van der Waals surface area contributed by atoms with Crippen molar-refractivity contribution < 1.29 is 28.5 Å². The number of esters is 2. The van der Waals surface area contributed by atoms with Crippen LogP contribution in [0, 0.1) is 5.92 Å². The Hall–Kier alpha value is -1.40. The summed E-state index contributed by atoms with van der Waals surface area (Å²) < 4.78 is 21.3. The average Bonchev–Trinajstić information content (AvgIpc) is 2.37. The van der Waals surface area contributed by atoms with Crippen molar-refractivity contribution in [3.05, 3.63) is 12.2 Å². The zero-order chi connectivity index (χ0) is 15.8. The van der Waals surface area contributed by atoms with Gasteiger partial charge in [-0.15, -0.1) is 0 Å². The van der Waals surface area contributed by atoms with E-state index in [9.17, 15) is 9.59 Å². The highest BCUT2D eigenvalue weighted by atomic mass is 16.7. The van der Waals surface area contributed by atoms with Crippen LogP contribution in [0.2, 0.25) is 0 Å². The first-order valence-corrected chi connectivity index (χ1v) is 7.14. The van der Waals surface area contributed by atoms with Crippen LogP contribution < -0.4 is 0 Å². The van der Waals surface area contributed by atoms with Crippen LogP contribution >= 0.6 is 0 Å². The van der Waals surface area contributed by atoms with E-state index in [0.29, 0.717) is 12.5 Å². The van der Waals surface area contributed by atoms with Crippen molar-refractivity contribution in [3.8, 4) is 0 Å². The summed E-state index contributed by atoms with van der Waals surface area (Å²) in [5.74, 6) is -0.282. The highest BCUT2D eigenvalue weighted by molar-refractivity contribution is 5.66. The molecule has 1 unspecified atom stereocenters.